The molecule has 133 valence electrons. The summed E-state index contributed by atoms with van der Waals surface area (Å²) in [4.78, 5) is 16.7. The molecule has 0 unspecified atom stereocenters. The summed E-state index contributed by atoms with van der Waals surface area (Å²) in [7, 11) is 9.84. The first-order valence-corrected chi connectivity index (χ1v) is 14.4. The van der Waals surface area contributed by atoms with Crippen molar-refractivity contribution >= 4 is 34.7 Å². The van der Waals surface area contributed by atoms with Crippen molar-refractivity contribution in [3.63, 3.8) is 0 Å². The molecule has 0 amide bonds. The monoisotopic (exact) mass is 451 g/mol. The van der Waals surface area contributed by atoms with Gasteiger partial charge in [-0.1, -0.05) is 24.3 Å². The molecule has 4 nitrogen and oxygen atoms in total. The van der Waals surface area contributed by atoms with Crippen LogP contribution in [0, 0.1) is 0 Å². The van der Waals surface area contributed by atoms with Gasteiger partial charge in [-0.25, -0.2) is 0 Å². The SMILES string of the molecule is [Cl][Ga][Cl].c1ccc(-c2ccccn2)nc1.c1ccc(-c2ccccn2)nc1. The predicted molar refractivity (Wildman–Crippen MR) is 112 cm³/mol. The Kier molecular flexibility index (Phi) is 10.2. The molecule has 0 saturated heterocycles. The van der Waals surface area contributed by atoms with Gasteiger partial charge < -0.3 is 0 Å². The fourth-order valence-corrected chi connectivity index (χ4v) is 2.06. The molecule has 0 N–H and O–H groups in total. The molecule has 0 aliphatic rings. The van der Waals surface area contributed by atoms with Crippen LogP contribution in [-0.4, -0.2) is 35.3 Å². The summed E-state index contributed by atoms with van der Waals surface area (Å²) < 4.78 is 0. The van der Waals surface area contributed by atoms with Gasteiger partial charge in [0.1, 0.15) is 0 Å². The Bertz CT molecular complexity index is 717. The standard InChI is InChI=1S/2C10H8N2.2ClH.Ga/c2*1-3-7-11-9(5-1)10-6-2-4-8-12-10;;;/h2*1-8H;2*1H;/q;;;;+2/p-2. The first kappa shape index (κ1) is 21.1. The van der Waals surface area contributed by atoms with Crippen LogP contribution >= 0.6 is 19.3 Å². The summed E-state index contributed by atoms with van der Waals surface area (Å²) >= 11 is -0.743. The van der Waals surface area contributed by atoms with Crippen LogP contribution in [0.3, 0.4) is 0 Å². The molecule has 0 atom stereocenters. The number of hydrogen-bond donors (Lipinski definition) is 0. The van der Waals surface area contributed by atoms with Crippen LogP contribution in [0.25, 0.3) is 22.8 Å². The molecule has 27 heavy (non-hydrogen) atoms. The van der Waals surface area contributed by atoms with Crippen LogP contribution in [0.15, 0.2) is 97.6 Å². The van der Waals surface area contributed by atoms with Gasteiger partial charge in [-0.3, -0.25) is 19.9 Å². The molecule has 0 bridgehead atoms. The molecule has 4 heterocycles. The summed E-state index contributed by atoms with van der Waals surface area (Å²) in [6.45, 7) is 0. The van der Waals surface area contributed by atoms with Gasteiger partial charge in [0, 0.05) is 24.8 Å². The summed E-state index contributed by atoms with van der Waals surface area (Å²) in [6, 6.07) is 23.2. The van der Waals surface area contributed by atoms with Crippen molar-refractivity contribution in [2.75, 3.05) is 0 Å². The minimum Gasteiger partial charge on any atom is -0.255 e. The summed E-state index contributed by atoms with van der Waals surface area (Å²) in [6.07, 6.45) is 7.07. The topological polar surface area (TPSA) is 51.6 Å². The maximum absolute atomic E-state index is 4.92. The first-order valence-electron chi connectivity index (χ1n) is 8.02. The number of aromatic nitrogens is 4. The third-order valence-corrected chi connectivity index (χ3v) is 3.18. The zero-order valence-corrected chi connectivity index (χ0v) is 18.3. The van der Waals surface area contributed by atoms with Crippen molar-refractivity contribution in [2.45, 2.75) is 0 Å². The Morgan fingerprint density at radius 2 is 0.667 bits per heavy atom. The molecule has 7 heteroatoms. The molecule has 0 aliphatic carbocycles. The fourth-order valence-electron chi connectivity index (χ4n) is 2.06. The Balaban J connectivity index is 0.000000170. The first-order chi connectivity index (χ1) is 13.3. The molecule has 0 aliphatic heterocycles. The molecule has 0 fully saturated rings. The van der Waals surface area contributed by atoms with E-state index in [0.717, 1.165) is 22.8 Å². The van der Waals surface area contributed by atoms with Crippen molar-refractivity contribution in [3.8, 4) is 22.8 Å². The summed E-state index contributed by atoms with van der Waals surface area (Å²) in [5.41, 5.74) is 3.66. The van der Waals surface area contributed by atoms with Crippen LogP contribution in [0.5, 0.6) is 0 Å². The van der Waals surface area contributed by atoms with E-state index in [0.29, 0.717) is 0 Å². The van der Waals surface area contributed by atoms with Crippen molar-refractivity contribution in [1.82, 2.24) is 19.9 Å². The summed E-state index contributed by atoms with van der Waals surface area (Å²) in [5.74, 6) is 0. The minimum absolute atomic E-state index is 0.743. The van der Waals surface area contributed by atoms with E-state index in [2.05, 4.69) is 19.9 Å². The van der Waals surface area contributed by atoms with Crippen molar-refractivity contribution in [1.29, 1.82) is 0 Å². The fraction of sp³-hybridized carbons (Fsp3) is 0. The Morgan fingerprint density at radius 3 is 0.815 bits per heavy atom. The van der Waals surface area contributed by atoms with Gasteiger partial charge in [0.25, 0.3) is 0 Å². The average Bonchev–Trinajstić information content (AvgIpc) is 2.77. The Hall–Kier alpha value is -2.18. The molecule has 4 aromatic heterocycles. The van der Waals surface area contributed by atoms with E-state index in [9.17, 15) is 0 Å². The van der Waals surface area contributed by atoms with E-state index in [4.69, 9.17) is 19.3 Å². The van der Waals surface area contributed by atoms with Crippen LogP contribution in [0.2, 0.25) is 0 Å². The van der Waals surface area contributed by atoms with Crippen LogP contribution in [-0.2, 0) is 0 Å². The van der Waals surface area contributed by atoms with E-state index < -0.39 is 15.4 Å². The molecular formula is C20H16Cl2GaN4. The third kappa shape index (κ3) is 7.93. The maximum atomic E-state index is 4.92. The second kappa shape index (κ2) is 13.1. The van der Waals surface area contributed by atoms with Crippen molar-refractivity contribution in [3.05, 3.63) is 97.6 Å². The van der Waals surface area contributed by atoms with Gasteiger partial charge in [-0.05, 0) is 48.5 Å². The smallest absolute Gasteiger partial charge is 0.0886 e. The largest absolute Gasteiger partial charge is 0.255 e. The van der Waals surface area contributed by atoms with E-state index in [1.54, 1.807) is 24.8 Å². The number of nitrogens with zero attached hydrogens (tertiary/aromatic N) is 4. The van der Waals surface area contributed by atoms with E-state index in [-0.39, 0.29) is 0 Å². The molecule has 0 saturated carbocycles. The van der Waals surface area contributed by atoms with E-state index >= 15 is 0 Å². The van der Waals surface area contributed by atoms with Gasteiger partial charge in [0.2, 0.25) is 0 Å². The number of hydrogen-bond acceptors (Lipinski definition) is 4. The normalized spacial score (nSPS) is 9.11. The minimum atomic E-state index is -0.743. The maximum Gasteiger partial charge on any atom is 0.0886 e. The Labute approximate surface area is 174 Å². The third-order valence-electron chi connectivity index (χ3n) is 3.18. The van der Waals surface area contributed by atoms with E-state index in [1.807, 2.05) is 72.8 Å². The van der Waals surface area contributed by atoms with Crippen molar-refractivity contribution < 1.29 is 0 Å². The molecule has 1 radical (unpaired) electrons. The number of halogens is 2. The summed E-state index contributed by atoms with van der Waals surface area (Å²) in [5, 5.41) is 0. The second-order valence-corrected chi connectivity index (χ2v) is 8.72. The van der Waals surface area contributed by atoms with Crippen LogP contribution in [0.1, 0.15) is 0 Å². The predicted octanol–water partition coefficient (Wildman–Crippen LogP) is 5.29. The number of pyridine rings is 4. The zero-order valence-electron chi connectivity index (χ0n) is 14.4. The molecular weight excluding hydrogens is 437 g/mol. The average molecular weight is 453 g/mol. The quantitative estimate of drug-likeness (QED) is 0.388. The zero-order chi connectivity index (χ0) is 19.2. The van der Waals surface area contributed by atoms with Crippen LogP contribution in [0.4, 0.5) is 0 Å². The molecule has 4 rings (SSSR count). The van der Waals surface area contributed by atoms with Gasteiger partial charge in [0.15, 0.2) is 0 Å². The molecule has 0 aromatic carbocycles. The van der Waals surface area contributed by atoms with Gasteiger partial charge in [-0.15, -0.1) is 0 Å². The van der Waals surface area contributed by atoms with Crippen molar-refractivity contribution in [2.24, 2.45) is 0 Å². The van der Waals surface area contributed by atoms with E-state index in [1.165, 1.54) is 0 Å². The number of rotatable bonds is 2. The molecule has 4 aromatic rings. The second-order valence-electron chi connectivity index (χ2n) is 4.94. The van der Waals surface area contributed by atoms with Gasteiger partial charge in [-0.2, -0.15) is 0 Å². The Morgan fingerprint density at radius 1 is 0.444 bits per heavy atom. The molecule has 0 spiro atoms. The van der Waals surface area contributed by atoms with Crippen LogP contribution < -0.4 is 0 Å². The van der Waals surface area contributed by atoms with Gasteiger partial charge in [0.05, 0.1) is 22.8 Å². The van der Waals surface area contributed by atoms with Gasteiger partial charge >= 0.3 is 34.7 Å².